The highest BCUT2D eigenvalue weighted by atomic mass is 79.9. The molecule has 2 aromatic carbocycles. The molecule has 0 fully saturated rings. The summed E-state index contributed by atoms with van der Waals surface area (Å²) in [5.41, 5.74) is 6.25. The van der Waals surface area contributed by atoms with Gasteiger partial charge in [0.2, 0.25) is 0 Å². The summed E-state index contributed by atoms with van der Waals surface area (Å²) in [4.78, 5) is 0. The van der Waals surface area contributed by atoms with Gasteiger partial charge in [0.25, 0.3) is 0 Å². The largest absolute Gasteiger partial charge is 0.497 e. The zero-order chi connectivity index (χ0) is 15.4. The number of benzene rings is 2. The Hall–Kier alpha value is -1.07. The molecule has 5 heteroatoms. The summed E-state index contributed by atoms with van der Waals surface area (Å²) in [5, 5.41) is 0.709. The van der Waals surface area contributed by atoms with Crippen molar-refractivity contribution < 1.29 is 4.74 Å². The number of halogens is 2. The van der Waals surface area contributed by atoms with Crippen LogP contribution in [0.5, 0.6) is 5.75 Å². The van der Waals surface area contributed by atoms with E-state index in [0.717, 1.165) is 33.3 Å². The number of nitrogens with two attached hydrogens (primary N) is 1. The van der Waals surface area contributed by atoms with Gasteiger partial charge in [0.05, 0.1) is 13.2 Å². The maximum Gasteiger partial charge on any atom is 0.119 e. The lowest BCUT2D eigenvalue weighted by Crippen LogP contribution is -2.30. The van der Waals surface area contributed by atoms with E-state index in [0.29, 0.717) is 5.02 Å². The summed E-state index contributed by atoms with van der Waals surface area (Å²) in [7, 11) is 1.66. The number of hydrogen-bond donors (Lipinski definition) is 2. The van der Waals surface area contributed by atoms with Gasteiger partial charge in [0.1, 0.15) is 5.75 Å². The molecule has 3 nitrogen and oxygen atoms in total. The van der Waals surface area contributed by atoms with Crippen molar-refractivity contribution in [2.45, 2.75) is 19.4 Å². The third-order valence-corrected chi connectivity index (χ3v) is 4.50. The molecule has 0 aliphatic carbocycles. The van der Waals surface area contributed by atoms with Crippen molar-refractivity contribution in [1.82, 2.24) is 5.43 Å². The monoisotopic (exact) mass is 368 g/mol. The fourth-order valence-electron chi connectivity index (χ4n) is 2.30. The van der Waals surface area contributed by atoms with Crippen LogP contribution < -0.4 is 16.0 Å². The number of ether oxygens (including phenoxy) is 1. The van der Waals surface area contributed by atoms with Crippen molar-refractivity contribution in [2.24, 2.45) is 5.84 Å². The van der Waals surface area contributed by atoms with E-state index < -0.39 is 0 Å². The second-order valence-electron chi connectivity index (χ2n) is 4.88. The van der Waals surface area contributed by atoms with Crippen molar-refractivity contribution in [3.05, 3.63) is 62.6 Å². The molecular weight excluding hydrogens is 352 g/mol. The molecule has 0 aromatic heterocycles. The first-order chi connectivity index (χ1) is 10.0. The Balaban J connectivity index is 2.33. The third-order valence-electron chi connectivity index (χ3n) is 3.49. The fourth-order valence-corrected chi connectivity index (χ4v) is 2.89. The highest BCUT2D eigenvalue weighted by Crippen LogP contribution is 2.29. The van der Waals surface area contributed by atoms with Gasteiger partial charge in [0.15, 0.2) is 0 Å². The van der Waals surface area contributed by atoms with Crippen molar-refractivity contribution in [2.75, 3.05) is 7.11 Å². The van der Waals surface area contributed by atoms with Gasteiger partial charge in [-0.15, -0.1) is 0 Å². The Morgan fingerprint density at radius 3 is 2.71 bits per heavy atom. The zero-order valence-corrected chi connectivity index (χ0v) is 14.3. The molecule has 1 atom stereocenters. The van der Waals surface area contributed by atoms with Gasteiger partial charge < -0.3 is 4.74 Å². The molecule has 0 spiro atoms. The third kappa shape index (κ3) is 3.98. The van der Waals surface area contributed by atoms with Crippen molar-refractivity contribution in [3.8, 4) is 5.75 Å². The number of nitrogens with one attached hydrogen (secondary N) is 1. The van der Waals surface area contributed by atoms with Crippen LogP contribution in [0.4, 0.5) is 0 Å². The lowest BCUT2D eigenvalue weighted by atomic mass is 9.96. The molecule has 112 valence electrons. The van der Waals surface area contributed by atoms with Crippen LogP contribution in [-0.4, -0.2) is 7.11 Å². The Bertz CT molecular complexity index is 634. The van der Waals surface area contributed by atoms with Gasteiger partial charge in [-0.3, -0.25) is 11.3 Å². The van der Waals surface area contributed by atoms with Crippen molar-refractivity contribution >= 4 is 27.5 Å². The van der Waals surface area contributed by atoms with E-state index in [1.165, 1.54) is 0 Å². The first-order valence-corrected chi connectivity index (χ1v) is 7.77. The number of methoxy groups -OCH3 is 1. The van der Waals surface area contributed by atoms with E-state index in [-0.39, 0.29) is 6.04 Å². The second kappa shape index (κ2) is 7.27. The van der Waals surface area contributed by atoms with E-state index in [1.807, 2.05) is 36.4 Å². The highest BCUT2D eigenvalue weighted by molar-refractivity contribution is 9.10. The minimum Gasteiger partial charge on any atom is -0.497 e. The number of aryl methyl sites for hydroxylation is 1. The molecule has 0 bridgehead atoms. The van der Waals surface area contributed by atoms with Crippen LogP contribution in [0.3, 0.4) is 0 Å². The summed E-state index contributed by atoms with van der Waals surface area (Å²) < 4.78 is 6.31. The van der Waals surface area contributed by atoms with Crippen molar-refractivity contribution in [1.29, 1.82) is 0 Å². The topological polar surface area (TPSA) is 47.3 Å². The van der Waals surface area contributed by atoms with Crippen LogP contribution in [-0.2, 0) is 6.42 Å². The molecule has 1 unspecified atom stereocenters. The SMILES string of the molecule is COc1ccc(Br)c(CC(NN)c2cc(Cl)ccc2C)c1. The minimum absolute atomic E-state index is 0.0212. The molecule has 2 aromatic rings. The van der Waals surface area contributed by atoms with Gasteiger partial charge in [-0.1, -0.05) is 33.6 Å². The molecule has 21 heavy (non-hydrogen) atoms. The van der Waals surface area contributed by atoms with Gasteiger partial charge in [0, 0.05) is 9.50 Å². The van der Waals surface area contributed by atoms with Gasteiger partial charge in [-0.2, -0.15) is 0 Å². The minimum atomic E-state index is -0.0212. The lowest BCUT2D eigenvalue weighted by molar-refractivity contribution is 0.413. The van der Waals surface area contributed by atoms with Crippen molar-refractivity contribution in [3.63, 3.8) is 0 Å². The molecule has 0 amide bonds. The maximum atomic E-state index is 6.10. The van der Waals surface area contributed by atoms with Gasteiger partial charge >= 0.3 is 0 Å². The Morgan fingerprint density at radius 1 is 1.29 bits per heavy atom. The highest BCUT2D eigenvalue weighted by Gasteiger charge is 2.15. The summed E-state index contributed by atoms with van der Waals surface area (Å²) in [6, 6.07) is 11.7. The summed E-state index contributed by atoms with van der Waals surface area (Å²) in [5.74, 6) is 6.58. The van der Waals surface area contributed by atoms with Crippen LogP contribution in [0.25, 0.3) is 0 Å². The second-order valence-corrected chi connectivity index (χ2v) is 6.17. The van der Waals surface area contributed by atoms with Crippen LogP contribution in [0, 0.1) is 6.92 Å². The quantitative estimate of drug-likeness (QED) is 0.614. The summed E-state index contributed by atoms with van der Waals surface area (Å²) in [6.45, 7) is 2.05. The summed E-state index contributed by atoms with van der Waals surface area (Å²) >= 11 is 9.67. The normalized spacial score (nSPS) is 12.2. The maximum absolute atomic E-state index is 6.10. The Labute approximate surface area is 138 Å². The predicted octanol–water partition coefficient (Wildman–Crippen LogP) is 4.17. The number of hydrazine groups is 1. The lowest BCUT2D eigenvalue weighted by Gasteiger charge is -2.20. The molecule has 3 N–H and O–H groups in total. The van der Waals surface area contributed by atoms with Crippen LogP contribution >= 0.6 is 27.5 Å². The molecule has 0 heterocycles. The Morgan fingerprint density at radius 2 is 2.05 bits per heavy atom. The smallest absolute Gasteiger partial charge is 0.119 e. The average Bonchev–Trinajstić information content (AvgIpc) is 2.49. The molecule has 0 aliphatic heterocycles. The molecule has 0 aliphatic rings. The van der Waals surface area contributed by atoms with E-state index >= 15 is 0 Å². The molecule has 0 radical (unpaired) electrons. The molecule has 0 saturated carbocycles. The predicted molar refractivity (Wildman–Crippen MR) is 90.7 cm³/mol. The molecular formula is C16H18BrClN2O. The van der Waals surface area contributed by atoms with E-state index in [2.05, 4.69) is 28.3 Å². The first kappa shape index (κ1) is 16.3. The van der Waals surface area contributed by atoms with E-state index in [1.54, 1.807) is 7.11 Å². The van der Waals surface area contributed by atoms with E-state index in [4.69, 9.17) is 22.2 Å². The first-order valence-electron chi connectivity index (χ1n) is 6.59. The average molecular weight is 370 g/mol. The van der Waals surface area contributed by atoms with Crippen LogP contribution in [0.1, 0.15) is 22.7 Å². The molecule has 2 rings (SSSR count). The number of hydrogen-bond acceptors (Lipinski definition) is 3. The van der Waals surface area contributed by atoms with Gasteiger partial charge in [-0.25, -0.2) is 0 Å². The Kier molecular flexibility index (Phi) is 5.65. The summed E-state index contributed by atoms with van der Waals surface area (Å²) in [6.07, 6.45) is 0.732. The van der Waals surface area contributed by atoms with Crippen LogP contribution in [0.2, 0.25) is 5.02 Å². The molecule has 0 saturated heterocycles. The standard InChI is InChI=1S/C16H18BrClN2O/c1-10-3-4-12(18)9-14(10)16(20-19)8-11-7-13(21-2)5-6-15(11)17/h3-7,9,16,20H,8,19H2,1-2H3. The van der Waals surface area contributed by atoms with Crippen LogP contribution in [0.15, 0.2) is 40.9 Å². The zero-order valence-electron chi connectivity index (χ0n) is 12.0. The van der Waals surface area contributed by atoms with Gasteiger partial charge in [-0.05, 0) is 60.4 Å². The fraction of sp³-hybridized carbons (Fsp3) is 0.250. The number of rotatable bonds is 5. The van der Waals surface area contributed by atoms with E-state index in [9.17, 15) is 0 Å².